The molecule has 1 atom stereocenters. The van der Waals surface area contributed by atoms with Gasteiger partial charge in [-0.05, 0) is 25.0 Å². The second kappa shape index (κ2) is 4.12. The van der Waals surface area contributed by atoms with Crippen molar-refractivity contribution in [2.75, 3.05) is 19.1 Å². The second-order valence-electron chi connectivity index (χ2n) is 4.58. The molecule has 1 aliphatic rings. The Bertz CT molecular complexity index is 524. The lowest BCUT2D eigenvalue weighted by molar-refractivity contribution is -0.151. The number of esters is 1. The minimum absolute atomic E-state index is 0.207. The Morgan fingerprint density at radius 2 is 2.11 bits per heavy atom. The number of rotatable bonds is 2. The van der Waals surface area contributed by atoms with E-state index in [4.69, 9.17) is 4.74 Å². The van der Waals surface area contributed by atoms with Gasteiger partial charge in [-0.1, -0.05) is 19.1 Å². The van der Waals surface area contributed by atoms with Crippen LogP contribution in [0, 0.1) is 6.92 Å². The Morgan fingerprint density at radius 1 is 1.44 bits per heavy atom. The van der Waals surface area contributed by atoms with Crippen LogP contribution < -0.4 is 4.90 Å². The highest BCUT2D eigenvalue weighted by molar-refractivity contribution is 6.20. The van der Waals surface area contributed by atoms with Gasteiger partial charge in [-0.2, -0.15) is 0 Å². The van der Waals surface area contributed by atoms with E-state index in [1.807, 2.05) is 32.0 Å². The fourth-order valence-corrected chi connectivity index (χ4v) is 2.83. The average Bonchev–Trinajstić information content (AvgIpc) is 2.61. The molecule has 1 aromatic rings. The zero-order valence-electron chi connectivity index (χ0n) is 11.1. The van der Waals surface area contributed by atoms with Crippen molar-refractivity contribution >= 4 is 17.6 Å². The largest absolute Gasteiger partial charge is 0.468 e. The Hall–Kier alpha value is -1.84. The van der Waals surface area contributed by atoms with Crippen LogP contribution in [0.1, 0.15) is 24.5 Å². The summed E-state index contributed by atoms with van der Waals surface area (Å²) in [4.78, 5) is 26.2. The number of methoxy groups -OCH3 is 1. The second-order valence-corrected chi connectivity index (χ2v) is 4.58. The van der Waals surface area contributed by atoms with Crippen LogP contribution in [-0.2, 0) is 19.7 Å². The lowest BCUT2D eigenvalue weighted by atomic mass is 9.77. The van der Waals surface area contributed by atoms with Crippen LogP contribution >= 0.6 is 0 Å². The van der Waals surface area contributed by atoms with Crippen LogP contribution in [0.4, 0.5) is 5.69 Å². The molecule has 0 aliphatic carbocycles. The van der Waals surface area contributed by atoms with Gasteiger partial charge in [-0.15, -0.1) is 0 Å². The smallest absolute Gasteiger partial charge is 0.326 e. The van der Waals surface area contributed by atoms with Crippen molar-refractivity contribution in [2.24, 2.45) is 0 Å². The number of hydrogen-bond donors (Lipinski definition) is 0. The van der Waals surface area contributed by atoms with Gasteiger partial charge in [-0.25, -0.2) is 0 Å². The Morgan fingerprint density at radius 3 is 2.67 bits per heavy atom. The number of benzene rings is 1. The number of nitrogens with zero attached hydrogens (tertiary/aromatic N) is 1. The molecule has 1 aromatic carbocycles. The normalized spacial score (nSPS) is 22.0. The van der Waals surface area contributed by atoms with Gasteiger partial charge in [0.25, 0.3) is 0 Å². The van der Waals surface area contributed by atoms with Crippen molar-refractivity contribution in [1.82, 2.24) is 0 Å². The number of aryl methyl sites for hydroxylation is 1. The van der Waals surface area contributed by atoms with Crippen molar-refractivity contribution in [2.45, 2.75) is 25.7 Å². The number of anilines is 1. The summed E-state index contributed by atoms with van der Waals surface area (Å²) in [7, 11) is 3.02. The van der Waals surface area contributed by atoms with Gasteiger partial charge >= 0.3 is 5.97 Å². The molecule has 2 rings (SSSR count). The fourth-order valence-electron chi connectivity index (χ4n) is 2.83. The molecule has 4 nitrogen and oxygen atoms in total. The lowest BCUT2D eigenvalue weighted by Crippen LogP contribution is -2.45. The minimum Gasteiger partial charge on any atom is -0.468 e. The maximum absolute atomic E-state index is 12.5. The van der Waals surface area contributed by atoms with E-state index in [1.165, 1.54) is 7.11 Å². The molecule has 1 amide bonds. The molecule has 18 heavy (non-hydrogen) atoms. The summed E-state index contributed by atoms with van der Waals surface area (Å²) in [6.45, 7) is 3.75. The van der Waals surface area contributed by atoms with Crippen molar-refractivity contribution in [3.8, 4) is 0 Å². The highest BCUT2D eigenvalue weighted by Gasteiger charge is 2.55. The molecule has 0 unspecified atom stereocenters. The molecule has 0 spiro atoms. The first kappa shape index (κ1) is 12.6. The van der Waals surface area contributed by atoms with Gasteiger partial charge in [0.1, 0.15) is 0 Å². The zero-order chi connectivity index (χ0) is 13.5. The summed E-state index contributed by atoms with van der Waals surface area (Å²) in [5.41, 5.74) is 1.35. The van der Waals surface area contributed by atoms with Crippen LogP contribution in [0.25, 0.3) is 0 Å². The minimum atomic E-state index is -1.18. The van der Waals surface area contributed by atoms with Crippen LogP contribution in [0.2, 0.25) is 0 Å². The zero-order valence-corrected chi connectivity index (χ0v) is 11.1. The van der Waals surface area contributed by atoms with Gasteiger partial charge in [0.15, 0.2) is 5.41 Å². The van der Waals surface area contributed by atoms with Crippen LogP contribution in [-0.4, -0.2) is 26.0 Å². The molecule has 0 radical (unpaired) electrons. The Labute approximate surface area is 107 Å². The standard InChI is InChI=1S/C14H17NO3/c1-5-14(13(17)18-4)11-9(2)7-6-8-10(11)15(3)12(14)16/h6-8H,5H2,1-4H3/t14-/m0/s1. The SMILES string of the molecule is CC[C@@]1(C(=O)OC)C(=O)N(C)c2cccc(C)c21. The number of carbonyl (C=O) groups excluding carboxylic acids is 2. The first-order chi connectivity index (χ1) is 8.50. The summed E-state index contributed by atoms with van der Waals surface area (Å²) >= 11 is 0. The maximum atomic E-state index is 12.5. The van der Waals surface area contributed by atoms with E-state index >= 15 is 0 Å². The molecular weight excluding hydrogens is 230 g/mol. The van der Waals surface area contributed by atoms with Crippen LogP contribution in [0.5, 0.6) is 0 Å². The molecule has 0 N–H and O–H groups in total. The van der Waals surface area contributed by atoms with Gasteiger partial charge in [-0.3, -0.25) is 9.59 Å². The molecular formula is C14H17NO3. The first-order valence-electron chi connectivity index (χ1n) is 5.97. The average molecular weight is 247 g/mol. The first-order valence-corrected chi connectivity index (χ1v) is 5.97. The molecule has 4 heteroatoms. The highest BCUT2D eigenvalue weighted by atomic mass is 16.5. The fraction of sp³-hybridized carbons (Fsp3) is 0.429. The molecule has 0 bridgehead atoms. The van der Waals surface area contributed by atoms with Gasteiger partial charge < -0.3 is 9.64 Å². The van der Waals surface area contributed by atoms with E-state index in [1.54, 1.807) is 11.9 Å². The third-order valence-electron chi connectivity index (χ3n) is 3.77. The third-order valence-corrected chi connectivity index (χ3v) is 3.77. The predicted octanol–water partition coefficient (Wildman–Crippen LogP) is 1.79. The number of hydrogen-bond acceptors (Lipinski definition) is 3. The number of carbonyl (C=O) groups is 2. The molecule has 1 heterocycles. The number of amides is 1. The summed E-state index contributed by atoms with van der Waals surface area (Å²) < 4.78 is 4.87. The Balaban J connectivity index is 2.78. The number of fused-ring (bicyclic) bond motifs is 1. The lowest BCUT2D eigenvalue weighted by Gasteiger charge is -2.24. The van der Waals surface area contributed by atoms with E-state index in [0.717, 1.165) is 16.8 Å². The predicted molar refractivity (Wildman–Crippen MR) is 68.6 cm³/mol. The molecule has 0 fully saturated rings. The Kier molecular flexibility index (Phi) is 2.89. The van der Waals surface area contributed by atoms with E-state index in [-0.39, 0.29) is 5.91 Å². The molecule has 0 aromatic heterocycles. The monoisotopic (exact) mass is 247 g/mol. The van der Waals surface area contributed by atoms with Crippen molar-refractivity contribution in [3.05, 3.63) is 29.3 Å². The quantitative estimate of drug-likeness (QED) is 0.591. The highest BCUT2D eigenvalue weighted by Crippen LogP contribution is 2.45. The maximum Gasteiger partial charge on any atom is 0.326 e. The summed E-state index contributed by atoms with van der Waals surface area (Å²) in [5, 5.41) is 0. The van der Waals surface area contributed by atoms with Gasteiger partial charge in [0.2, 0.25) is 5.91 Å². The third kappa shape index (κ3) is 1.32. The number of likely N-dealkylation sites (N-methyl/N-ethyl adjacent to an activating group) is 1. The summed E-state index contributed by atoms with van der Waals surface area (Å²) in [6, 6.07) is 5.67. The number of ether oxygens (including phenoxy) is 1. The van der Waals surface area contributed by atoms with Crippen molar-refractivity contribution < 1.29 is 14.3 Å². The van der Waals surface area contributed by atoms with E-state index in [2.05, 4.69) is 0 Å². The van der Waals surface area contributed by atoms with E-state index in [0.29, 0.717) is 6.42 Å². The van der Waals surface area contributed by atoms with E-state index in [9.17, 15) is 9.59 Å². The topological polar surface area (TPSA) is 46.6 Å². The van der Waals surface area contributed by atoms with E-state index < -0.39 is 11.4 Å². The van der Waals surface area contributed by atoms with Crippen molar-refractivity contribution in [1.29, 1.82) is 0 Å². The molecule has 0 saturated carbocycles. The summed E-state index contributed by atoms with van der Waals surface area (Å²) in [6.07, 6.45) is 0.403. The van der Waals surface area contributed by atoms with Crippen LogP contribution in [0.15, 0.2) is 18.2 Å². The van der Waals surface area contributed by atoms with Crippen molar-refractivity contribution in [3.63, 3.8) is 0 Å². The summed E-state index contributed by atoms with van der Waals surface area (Å²) in [5.74, 6) is -0.684. The molecule has 96 valence electrons. The van der Waals surface area contributed by atoms with Gasteiger partial charge in [0.05, 0.1) is 7.11 Å². The van der Waals surface area contributed by atoms with Gasteiger partial charge in [0, 0.05) is 18.3 Å². The molecule has 0 saturated heterocycles. The van der Waals surface area contributed by atoms with Crippen LogP contribution in [0.3, 0.4) is 0 Å². The molecule has 1 aliphatic heterocycles.